The molecule has 2 aliphatic rings. The monoisotopic (exact) mass is 308 g/mol. The molecule has 3 aromatic rings. The van der Waals surface area contributed by atoms with Crippen molar-refractivity contribution < 1.29 is 4.74 Å². The van der Waals surface area contributed by atoms with E-state index in [9.17, 15) is 0 Å². The molecule has 1 aliphatic heterocycles. The highest BCUT2D eigenvalue weighted by molar-refractivity contribution is 5.47. The molecule has 0 radical (unpaired) electrons. The van der Waals surface area contributed by atoms with Gasteiger partial charge in [-0.3, -0.25) is 0 Å². The maximum Gasteiger partial charge on any atom is 0.200 e. The first-order valence-corrected chi connectivity index (χ1v) is 7.91. The van der Waals surface area contributed by atoms with Gasteiger partial charge in [-0.15, -0.1) is 14.8 Å². The molecular formula is C16H16N6O. The molecule has 0 amide bonds. The van der Waals surface area contributed by atoms with Gasteiger partial charge in [0.25, 0.3) is 0 Å². The number of hydrogen-bond acceptors (Lipinski definition) is 6. The Kier molecular flexibility index (Phi) is 2.59. The van der Waals surface area contributed by atoms with Gasteiger partial charge < -0.3 is 10.1 Å². The fourth-order valence-corrected chi connectivity index (χ4v) is 3.53. The maximum absolute atomic E-state index is 6.28. The van der Waals surface area contributed by atoms with Gasteiger partial charge in [0.15, 0.2) is 5.65 Å². The van der Waals surface area contributed by atoms with Crippen molar-refractivity contribution in [3.05, 3.63) is 42.0 Å². The maximum atomic E-state index is 6.28. The third-order valence-electron chi connectivity index (χ3n) is 4.85. The molecular weight excluding hydrogens is 292 g/mol. The van der Waals surface area contributed by atoms with Crippen LogP contribution >= 0.6 is 0 Å². The van der Waals surface area contributed by atoms with E-state index >= 15 is 0 Å². The summed E-state index contributed by atoms with van der Waals surface area (Å²) in [5, 5.41) is 19.3. The molecule has 0 bridgehead atoms. The molecule has 1 unspecified atom stereocenters. The van der Waals surface area contributed by atoms with Gasteiger partial charge in [-0.25, -0.2) is 0 Å². The van der Waals surface area contributed by atoms with Gasteiger partial charge >= 0.3 is 0 Å². The number of nitrogens with one attached hydrogen (secondary N) is 1. The number of fused-ring (bicyclic) bond motifs is 2. The average Bonchev–Trinajstić information content (AvgIpc) is 3.01. The number of para-hydroxylation sites is 1. The summed E-state index contributed by atoms with van der Waals surface area (Å²) in [6, 6.07) is 12.2. The first kappa shape index (κ1) is 12.8. The lowest BCUT2D eigenvalue weighted by Gasteiger charge is -2.48. The molecule has 1 fully saturated rings. The molecule has 3 heterocycles. The standard InChI is InChI=1S/C16H16N6O/c1-2-5-13-11(4-1)12(10-16(23-13)8-3-9-16)17-14-6-7-15-18-20-21-22(15)19-14/h1-2,4-7,12H,3,8-10H2,(H,17,19). The van der Waals surface area contributed by atoms with Gasteiger partial charge in [0.2, 0.25) is 0 Å². The third-order valence-corrected chi connectivity index (χ3v) is 4.85. The topological polar surface area (TPSA) is 77.2 Å². The first-order valence-electron chi connectivity index (χ1n) is 7.91. The second-order valence-electron chi connectivity index (χ2n) is 6.32. The molecule has 5 rings (SSSR count). The zero-order valence-corrected chi connectivity index (χ0v) is 12.5. The zero-order valence-electron chi connectivity index (χ0n) is 12.5. The SMILES string of the molecule is c1ccc2c(c1)OC1(CCC1)CC2Nc1ccc2nnnn2n1. The van der Waals surface area contributed by atoms with Crippen molar-refractivity contribution in [2.45, 2.75) is 37.3 Å². The number of nitrogens with zero attached hydrogens (tertiary/aromatic N) is 5. The Morgan fingerprint density at radius 1 is 1.17 bits per heavy atom. The van der Waals surface area contributed by atoms with E-state index in [1.165, 1.54) is 16.6 Å². The van der Waals surface area contributed by atoms with E-state index in [1.54, 1.807) is 0 Å². The molecule has 1 N–H and O–H groups in total. The predicted molar refractivity (Wildman–Crippen MR) is 83.2 cm³/mol. The Hall–Kier alpha value is -2.70. The van der Waals surface area contributed by atoms with Gasteiger partial charge in [0.1, 0.15) is 17.2 Å². The number of ether oxygens (including phenoxy) is 1. The molecule has 116 valence electrons. The van der Waals surface area contributed by atoms with E-state index in [0.717, 1.165) is 30.8 Å². The minimum absolute atomic E-state index is 0.00900. The summed E-state index contributed by atoms with van der Waals surface area (Å²) in [7, 11) is 0. The predicted octanol–water partition coefficient (Wildman–Crippen LogP) is 2.38. The summed E-state index contributed by atoms with van der Waals surface area (Å²) >= 11 is 0. The number of anilines is 1. The molecule has 2 aromatic heterocycles. The number of benzene rings is 1. The normalized spacial score (nSPS) is 21.5. The molecule has 1 spiro atoms. The van der Waals surface area contributed by atoms with Crippen LogP contribution in [0.1, 0.15) is 37.3 Å². The van der Waals surface area contributed by atoms with E-state index < -0.39 is 0 Å². The van der Waals surface area contributed by atoms with Gasteiger partial charge in [-0.1, -0.05) is 18.2 Å². The summed E-state index contributed by atoms with van der Waals surface area (Å²) in [4.78, 5) is 0. The van der Waals surface area contributed by atoms with Crippen LogP contribution in [0.2, 0.25) is 0 Å². The van der Waals surface area contributed by atoms with Gasteiger partial charge in [0.05, 0.1) is 6.04 Å². The second-order valence-corrected chi connectivity index (χ2v) is 6.32. The fraction of sp³-hybridized carbons (Fsp3) is 0.375. The van der Waals surface area contributed by atoms with Crippen molar-refractivity contribution in [1.29, 1.82) is 0 Å². The van der Waals surface area contributed by atoms with E-state index in [4.69, 9.17) is 4.74 Å². The third kappa shape index (κ3) is 2.03. The Morgan fingerprint density at radius 3 is 2.96 bits per heavy atom. The van der Waals surface area contributed by atoms with Crippen molar-refractivity contribution >= 4 is 11.5 Å². The van der Waals surface area contributed by atoms with Crippen molar-refractivity contribution in [1.82, 2.24) is 25.3 Å². The highest BCUT2D eigenvalue weighted by atomic mass is 16.5. The zero-order chi connectivity index (χ0) is 15.3. The van der Waals surface area contributed by atoms with E-state index in [1.807, 2.05) is 24.3 Å². The molecule has 1 saturated carbocycles. The van der Waals surface area contributed by atoms with Crippen LogP contribution in [0.3, 0.4) is 0 Å². The van der Waals surface area contributed by atoms with Gasteiger partial charge in [-0.05, 0) is 47.9 Å². The summed E-state index contributed by atoms with van der Waals surface area (Å²) in [6.07, 6.45) is 4.45. The second kappa shape index (κ2) is 4.65. The smallest absolute Gasteiger partial charge is 0.200 e. The largest absolute Gasteiger partial charge is 0.487 e. The van der Waals surface area contributed by atoms with Crippen LogP contribution in [0.4, 0.5) is 5.82 Å². The molecule has 0 saturated heterocycles. The summed E-state index contributed by atoms with van der Waals surface area (Å²) in [5.41, 5.74) is 1.81. The van der Waals surface area contributed by atoms with Crippen molar-refractivity contribution in [3.8, 4) is 5.75 Å². The van der Waals surface area contributed by atoms with Gasteiger partial charge in [-0.2, -0.15) is 0 Å². The molecule has 7 heteroatoms. The molecule has 1 aliphatic carbocycles. The van der Waals surface area contributed by atoms with Crippen LogP contribution in [0.25, 0.3) is 5.65 Å². The van der Waals surface area contributed by atoms with Crippen LogP contribution < -0.4 is 10.1 Å². The Balaban J connectivity index is 1.50. The highest BCUT2D eigenvalue weighted by Gasteiger charge is 2.45. The van der Waals surface area contributed by atoms with E-state index in [0.29, 0.717) is 5.65 Å². The minimum Gasteiger partial charge on any atom is -0.487 e. The van der Waals surface area contributed by atoms with Crippen molar-refractivity contribution in [2.24, 2.45) is 0 Å². The van der Waals surface area contributed by atoms with Crippen molar-refractivity contribution in [2.75, 3.05) is 5.32 Å². The summed E-state index contributed by atoms with van der Waals surface area (Å²) in [5.74, 6) is 1.75. The lowest BCUT2D eigenvalue weighted by atomic mass is 9.73. The quantitative estimate of drug-likeness (QED) is 0.783. The Morgan fingerprint density at radius 2 is 2.09 bits per heavy atom. The Bertz CT molecular complexity index is 872. The number of aromatic nitrogens is 5. The Labute approximate surface area is 132 Å². The van der Waals surface area contributed by atoms with E-state index in [2.05, 4.69) is 38.1 Å². The van der Waals surface area contributed by atoms with Crippen LogP contribution in [-0.4, -0.2) is 30.9 Å². The lowest BCUT2D eigenvalue weighted by molar-refractivity contribution is -0.0309. The van der Waals surface area contributed by atoms with Gasteiger partial charge in [0, 0.05) is 12.0 Å². The fourth-order valence-electron chi connectivity index (χ4n) is 3.53. The number of rotatable bonds is 2. The van der Waals surface area contributed by atoms with Crippen LogP contribution in [0.5, 0.6) is 5.75 Å². The molecule has 1 atom stereocenters. The van der Waals surface area contributed by atoms with Crippen LogP contribution in [-0.2, 0) is 0 Å². The first-order chi connectivity index (χ1) is 11.3. The number of hydrogen-bond donors (Lipinski definition) is 1. The summed E-state index contributed by atoms with van der Waals surface area (Å²) < 4.78 is 7.72. The van der Waals surface area contributed by atoms with Crippen LogP contribution in [0.15, 0.2) is 36.4 Å². The minimum atomic E-state index is -0.00900. The average molecular weight is 308 g/mol. The van der Waals surface area contributed by atoms with Crippen molar-refractivity contribution in [3.63, 3.8) is 0 Å². The molecule has 23 heavy (non-hydrogen) atoms. The highest BCUT2D eigenvalue weighted by Crippen LogP contribution is 2.49. The molecule has 7 nitrogen and oxygen atoms in total. The number of tetrazole rings is 1. The lowest BCUT2D eigenvalue weighted by Crippen LogP contribution is -2.48. The van der Waals surface area contributed by atoms with E-state index in [-0.39, 0.29) is 11.6 Å². The van der Waals surface area contributed by atoms with Crippen LogP contribution in [0, 0.1) is 0 Å². The molecule has 1 aromatic carbocycles. The summed E-state index contributed by atoms with van der Waals surface area (Å²) in [6.45, 7) is 0.